The molecule has 8 nitrogen and oxygen atoms in total. The van der Waals surface area contributed by atoms with E-state index in [0.29, 0.717) is 12.8 Å². The molecule has 2 N–H and O–H groups in total. The van der Waals surface area contributed by atoms with Gasteiger partial charge in [-0.15, -0.1) is 0 Å². The van der Waals surface area contributed by atoms with Crippen molar-refractivity contribution in [3.63, 3.8) is 0 Å². The third-order valence-corrected chi connectivity index (χ3v) is 5.47. The Bertz CT molecular complexity index is 843. The van der Waals surface area contributed by atoms with Crippen LogP contribution in [0.5, 0.6) is 0 Å². The predicted octanol–water partition coefficient (Wildman–Crippen LogP) is 2.78. The van der Waals surface area contributed by atoms with Crippen LogP contribution in [-0.2, 0) is 19.6 Å². The molecule has 0 aliphatic carbocycles. The molecule has 28 heavy (non-hydrogen) atoms. The van der Waals surface area contributed by atoms with Gasteiger partial charge in [0.15, 0.2) is 0 Å². The summed E-state index contributed by atoms with van der Waals surface area (Å²) in [6.07, 6.45) is 1.14. The van der Waals surface area contributed by atoms with Crippen LogP contribution in [0.1, 0.15) is 33.6 Å². The molecule has 0 spiro atoms. The molecule has 1 aliphatic rings. The van der Waals surface area contributed by atoms with E-state index in [-0.39, 0.29) is 30.4 Å². The fourth-order valence-electron chi connectivity index (χ4n) is 2.83. The summed E-state index contributed by atoms with van der Waals surface area (Å²) in [7, 11) is -3.28. The molecular formula is C18H26FN3O5S. The van der Waals surface area contributed by atoms with Crippen LogP contribution in [0, 0.1) is 11.7 Å². The van der Waals surface area contributed by atoms with Crippen molar-refractivity contribution in [2.75, 3.05) is 30.0 Å². The molecule has 1 aromatic carbocycles. The molecule has 2 amide bonds. The highest BCUT2D eigenvalue weighted by Gasteiger charge is 2.29. The van der Waals surface area contributed by atoms with Gasteiger partial charge >= 0.3 is 6.09 Å². The van der Waals surface area contributed by atoms with E-state index in [1.807, 2.05) is 0 Å². The molecular weight excluding hydrogens is 389 g/mol. The average molecular weight is 415 g/mol. The van der Waals surface area contributed by atoms with Gasteiger partial charge in [-0.3, -0.25) is 10.1 Å². The lowest BCUT2D eigenvalue weighted by Gasteiger charge is -2.29. The Balaban J connectivity index is 2.06. The van der Waals surface area contributed by atoms with Crippen LogP contribution in [0.4, 0.5) is 20.6 Å². The summed E-state index contributed by atoms with van der Waals surface area (Å²) in [6.45, 7) is 5.64. The third-order valence-electron chi connectivity index (χ3n) is 4.17. The molecule has 1 saturated heterocycles. The predicted molar refractivity (Wildman–Crippen MR) is 104 cm³/mol. The van der Waals surface area contributed by atoms with Crippen LogP contribution in [0.3, 0.4) is 0 Å². The van der Waals surface area contributed by atoms with Gasteiger partial charge in [0.1, 0.15) is 11.4 Å². The topological polar surface area (TPSA) is 105 Å². The zero-order valence-electron chi connectivity index (χ0n) is 16.4. The van der Waals surface area contributed by atoms with E-state index < -0.39 is 33.5 Å². The highest BCUT2D eigenvalue weighted by atomic mass is 32.2. The van der Waals surface area contributed by atoms with Crippen LogP contribution in [0.15, 0.2) is 18.2 Å². The number of sulfonamides is 1. The first-order chi connectivity index (χ1) is 12.8. The summed E-state index contributed by atoms with van der Waals surface area (Å²) in [6, 6.07) is 3.60. The minimum absolute atomic E-state index is 0.112. The number of rotatable bonds is 4. The Morgan fingerprint density at radius 1 is 1.14 bits per heavy atom. The van der Waals surface area contributed by atoms with Crippen LogP contribution in [0.25, 0.3) is 0 Å². The molecule has 0 saturated carbocycles. The number of benzene rings is 1. The third kappa shape index (κ3) is 6.45. The number of nitrogens with zero attached hydrogens (tertiary/aromatic N) is 1. The van der Waals surface area contributed by atoms with Crippen molar-refractivity contribution in [3.8, 4) is 0 Å². The summed E-state index contributed by atoms with van der Waals surface area (Å²) in [4.78, 5) is 24.5. The Labute approximate surface area is 164 Å². The minimum atomic E-state index is -3.28. The fourth-order valence-corrected chi connectivity index (χ4v) is 3.70. The summed E-state index contributed by atoms with van der Waals surface area (Å²) in [5.41, 5.74) is -0.389. The minimum Gasteiger partial charge on any atom is -0.444 e. The van der Waals surface area contributed by atoms with E-state index in [9.17, 15) is 22.4 Å². The quantitative estimate of drug-likeness (QED) is 0.787. The van der Waals surface area contributed by atoms with Crippen LogP contribution < -0.4 is 10.6 Å². The van der Waals surface area contributed by atoms with Crippen molar-refractivity contribution in [1.29, 1.82) is 0 Å². The standard InChI is InChI=1S/C18H26FN3O5S/c1-18(2,3)27-17(24)21-14-6-5-13(19)11-15(14)20-16(23)12-7-9-22(10-8-12)28(4,25)26/h5-6,11-12H,7-10H2,1-4H3,(H,20,23)(H,21,24). The summed E-state index contributed by atoms with van der Waals surface area (Å²) in [5.74, 6) is -1.33. The summed E-state index contributed by atoms with van der Waals surface area (Å²) in [5, 5.41) is 5.13. The smallest absolute Gasteiger partial charge is 0.412 e. The average Bonchev–Trinajstić information content (AvgIpc) is 2.55. The largest absolute Gasteiger partial charge is 0.444 e. The van der Waals surface area contributed by atoms with E-state index in [4.69, 9.17) is 4.74 Å². The van der Waals surface area contributed by atoms with Crippen molar-refractivity contribution >= 4 is 33.4 Å². The highest BCUT2D eigenvalue weighted by Crippen LogP contribution is 2.26. The zero-order chi connectivity index (χ0) is 21.1. The van der Waals surface area contributed by atoms with Gasteiger partial charge in [-0.05, 0) is 51.8 Å². The fraction of sp³-hybridized carbons (Fsp3) is 0.556. The second-order valence-corrected chi connectivity index (χ2v) is 9.72. The number of nitrogens with one attached hydrogen (secondary N) is 2. The SMILES string of the molecule is CC(C)(C)OC(=O)Nc1ccc(F)cc1NC(=O)C1CCN(S(C)(=O)=O)CC1. The number of halogens is 1. The van der Waals surface area contributed by atoms with Crippen LogP contribution in [0.2, 0.25) is 0 Å². The molecule has 0 bridgehead atoms. The number of hydrogen-bond acceptors (Lipinski definition) is 5. The normalized spacial score (nSPS) is 16.5. The number of carbonyl (C=O) groups excluding carboxylic acids is 2. The second-order valence-electron chi connectivity index (χ2n) is 7.74. The monoisotopic (exact) mass is 415 g/mol. The molecule has 0 radical (unpaired) electrons. The zero-order valence-corrected chi connectivity index (χ0v) is 17.2. The van der Waals surface area contributed by atoms with Gasteiger partial charge < -0.3 is 10.1 Å². The molecule has 1 aliphatic heterocycles. The van der Waals surface area contributed by atoms with Crippen molar-refractivity contribution < 1.29 is 27.1 Å². The lowest BCUT2D eigenvalue weighted by atomic mass is 9.97. The Kier molecular flexibility index (Phi) is 6.66. The number of amides is 2. The number of anilines is 2. The van der Waals surface area contributed by atoms with Gasteiger partial charge in [-0.2, -0.15) is 0 Å². The first-order valence-corrected chi connectivity index (χ1v) is 10.8. The molecule has 1 fully saturated rings. The molecule has 1 aromatic rings. The Hall–Kier alpha value is -2.20. The van der Waals surface area contributed by atoms with Gasteiger partial charge in [0.2, 0.25) is 15.9 Å². The number of carbonyl (C=O) groups is 2. The lowest BCUT2D eigenvalue weighted by Crippen LogP contribution is -2.41. The molecule has 1 heterocycles. The first-order valence-electron chi connectivity index (χ1n) is 8.91. The van der Waals surface area contributed by atoms with E-state index in [2.05, 4.69) is 10.6 Å². The van der Waals surface area contributed by atoms with Gasteiger partial charge in [-0.1, -0.05) is 0 Å². The van der Waals surface area contributed by atoms with E-state index in [1.165, 1.54) is 10.4 Å². The highest BCUT2D eigenvalue weighted by molar-refractivity contribution is 7.88. The summed E-state index contributed by atoms with van der Waals surface area (Å²) >= 11 is 0. The van der Waals surface area contributed by atoms with E-state index >= 15 is 0 Å². The van der Waals surface area contributed by atoms with Crippen molar-refractivity contribution in [2.45, 2.75) is 39.2 Å². The van der Waals surface area contributed by atoms with Gasteiger partial charge in [0, 0.05) is 19.0 Å². The molecule has 0 aromatic heterocycles. The number of piperidine rings is 1. The first kappa shape index (κ1) is 22.1. The van der Waals surface area contributed by atoms with Gasteiger partial charge in [-0.25, -0.2) is 21.9 Å². The summed E-state index contributed by atoms with van der Waals surface area (Å²) < 4.78 is 43.3. The number of ether oxygens (including phenoxy) is 1. The van der Waals surface area contributed by atoms with E-state index in [0.717, 1.165) is 18.4 Å². The van der Waals surface area contributed by atoms with Crippen molar-refractivity contribution in [1.82, 2.24) is 4.31 Å². The van der Waals surface area contributed by atoms with Crippen LogP contribution in [-0.4, -0.2) is 49.7 Å². The van der Waals surface area contributed by atoms with Gasteiger partial charge in [0.25, 0.3) is 0 Å². The van der Waals surface area contributed by atoms with Crippen molar-refractivity contribution in [3.05, 3.63) is 24.0 Å². The Morgan fingerprint density at radius 2 is 1.75 bits per heavy atom. The maximum absolute atomic E-state index is 13.7. The molecule has 0 unspecified atom stereocenters. The maximum Gasteiger partial charge on any atom is 0.412 e. The molecule has 0 atom stereocenters. The van der Waals surface area contributed by atoms with E-state index in [1.54, 1.807) is 20.8 Å². The number of hydrogen-bond donors (Lipinski definition) is 2. The van der Waals surface area contributed by atoms with Gasteiger partial charge in [0.05, 0.1) is 17.6 Å². The lowest BCUT2D eigenvalue weighted by molar-refractivity contribution is -0.120. The molecule has 10 heteroatoms. The molecule has 156 valence electrons. The molecule has 2 rings (SSSR count). The maximum atomic E-state index is 13.7. The van der Waals surface area contributed by atoms with Crippen LogP contribution >= 0.6 is 0 Å². The van der Waals surface area contributed by atoms with Crippen molar-refractivity contribution in [2.24, 2.45) is 5.92 Å². The Morgan fingerprint density at radius 3 is 2.29 bits per heavy atom. The second kappa shape index (κ2) is 8.44.